The van der Waals surface area contributed by atoms with Gasteiger partial charge in [-0.3, -0.25) is 9.89 Å². The molecule has 0 aliphatic rings. The second-order valence-corrected chi connectivity index (χ2v) is 4.15. The number of halogens is 1. The largest absolute Gasteiger partial charge is 0.497 e. The Bertz CT molecular complexity index is 570. The average molecular weight is 312 g/mol. The Morgan fingerprint density at radius 2 is 2.10 bits per heavy atom. The van der Waals surface area contributed by atoms with E-state index in [2.05, 4.69) is 20.5 Å². The van der Waals surface area contributed by atoms with Gasteiger partial charge >= 0.3 is 0 Å². The molecule has 8 heteroatoms. The molecule has 0 atom stereocenters. The zero-order valence-corrected chi connectivity index (χ0v) is 12.4. The molecular formula is C13H18ClN5O2. The summed E-state index contributed by atoms with van der Waals surface area (Å²) in [5.74, 6) is 1.85. The Hall–Kier alpha value is -2.12. The third kappa shape index (κ3) is 4.73. The van der Waals surface area contributed by atoms with Gasteiger partial charge in [-0.15, -0.1) is 12.4 Å². The van der Waals surface area contributed by atoms with Crippen LogP contribution < -0.4 is 15.8 Å². The standard InChI is InChI=1S/C13H17N5O2.ClH/c1-20-10-4-2-9(3-5-10)13-16-11(17-18-13)8-15-12(19)6-7-14;/h2-5H,6-8,14H2,1H3,(H,15,19)(H,16,17,18);1H. The molecule has 7 nitrogen and oxygen atoms in total. The molecule has 0 unspecified atom stereocenters. The van der Waals surface area contributed by atoms with Gasteiger partial charge in [0, 0.05) is 18.5 Å². The maximum Gasteiger partial charge on any atom is 0.221 e. The molecular weight excluding hydrogens is 294 g/mol. The van der Waals surface area contributed by atoms with Crippen molar-refractivity contribution in [3.63, 3.8) is 0 Å². The molecule has 0 saturated carbocycles. The van der Waals surface area contributed by atoms with Gasteiger partial charge < -0.3 is 15.8 Å². The molecule has 114 valence electrons. The van der Waals surface area contributed by atoms with E-state index in [4.69, 9.17) is 10.5 Å². The summed E-state index contributed by atoms with van der Waals surface area (Å²) in [6.45, 7) is 0.640. The lowest BCUT2D eigenvalue weighted by Gasteiger charge is -2.00. The Labute approximate surface area is 128 Å². The first-order valence-electron chi connectivity index (χ1n) is 6.25. The van der Waals surface area contributed by atoms with Crippen LogP contribution in [-0.2, 0) is 11.3 Å². The van der Waals surface area contributed by atoms with Crippen molar-refractivity contribution in [2.24, 2.45) is 5.73 Å². The van der Waals surface area contributed by atoms with E-state index in [9.17, 15) is 4.79 Å². The van der Waals surface area contributed by atoms with Gasteiger partial charge in [0.25, 0.3) is 0 Å². The lowest BCUT2D eigenvalue weighted by molar-refractivity contribution is -0.121. The number of carbonyl (C=O) groups is 1. The van der Waals surface area contributed by atoms with E-state index >= 15 is 0 Å². The summed E-state index contributed by atoms with van der Waals surface area (Å²) < 4.78 is 5.09. The number of amides is 1. The number of nitrogens with zero attached hydrogens (tertiary/aromatic N) is 2. The van der Waals surface area contributed by atoms with Gasteiger partial charge in [-0.1, -0.05) is 0 Å². The molecule has 1 amide bonds. The highest BCUT2D eigenvalue weighted by molar-refractivity contribution is 5.85. The second-order valence-electron chi connectivity index (χ2n) is 4.15. The maximum atomic E-state index is 11.3. The topological polar surface area (TPSA) is 106 Å². The third-order valence-electron chi connectivity index (χ3n) is 2.70. The Kier molecular flexibility index (Phi) is 6.64. The van der Waals surface area contributed by atoms with Gasteiger partial charge in [0.2, 0.25) is 5.91 Å². The van der Waals surface area contributed by atoms with Crippen LogP contribution in [0.5, 0.6) is 5.75 Å². The lowest BCUT2D eigenvalue weighted by Crippen LogP contribution is -2.25. The minimum Gasteiger partial charge on any atom is -0.497 e. The number of rotatable bonds is 6. The number of hydrogen-bond acceptors (Lipinski definition) is 5. The predicted octanol–water partition coefficient (Wildman–Crippen LogP) is 0.867. The molecule has 0 bridgehead atoms. The van der Waals surface area contributed by atoms with Crippen molar-refractivity contribution < 1.29 is 9.53 Å². The molecule has 21 heavy (non-hydrogen) atoms. The first-order chi connectivity index (χ1) is 9.72. The summed E-state index contributed by atoms with van der Waals surface area (Å²) in [5, 5.41) is 9.62. The summed E-state index contributed by atoms with van der Waals surface area (Å²) in [6, 6.07) is 7.43. The zero-order chi connectivity index (χ0) is 14.4. The molecule has 0 spiro atoms. The van der Waals surface area contributed by atoms with E-state index < -0.39 is 0 Å². The fourth-order valence-corrected chi connectivity index (χ4v) is 1.65. The van der Waals surface area contributed by atoms with Gasteiger partial charge in [0.15, 0.2) is 5.82 Å². The quantitative estimate of drug-likeness (QED) is 0.734. The van der Waals surface area contributed by atoms with Crippen molar-refractivity contribution in [1.82, 2.24) is 20.5 Å². The fraction of sp³-hybridized carbons (Fsp3) is 0.308. The first kappa shape index (κ1) is 16.9. The van der Waals surface area contributed by atoms with Crippen LogP contribution in [0.4, 0.5) is 0 Å². The van der Waals surface area contributed by atoms with Crippen LogP contribution in [0.3, 0.4) is 0 Å². The number of methoxy groups -OCH3 is 1. The summed E-state index contributed by atoms with van der Waals surface area (Å²) in [5.41, 5.74) is 6.17. The predicted molar refractivity (Wildman–Crippen MR) is 81.1 cm³/mol. The van der Waals surface area contributed by atoms with Crippen molar-refractivity contribution in [1.29, 1.82) is 0 Å². The molecule has 4 N–H and O–H groups in total. The maximum absolute atomic E-state index is 11.3. The number of ether oxygens (including phenoxy) is 1. The van der Waals surface area contributed by atoms with E-state index in [-0.39, 0.29) is 18.3 Å². The number of benzene rings is 1. The summed E-state index contributed by atoms with van der Waals surface area (Å²) in [7, 11) is 1.62. The van der Waals surface area contributed by atoms with Crippen molar-refractivity contribution in [3.8, 4) is 17.1 Å². The van der Waals surface area contributed by atoms with Crippen LogP contribution in [0.2, 0.25) is 0 Å². The van der Waals surface area contributed by atoms with Crippen molar-refractivity contribution in [3.05, 3.63) is 30.1 Å². The first-order valence-corrected chi connectivity index (χ1v) is 6.25. The van der Waals surface area contributed by atoms with E-state index in [1.54, 1.807) is 7.11 Å². The summed E-state index contributed by atoms with van der Waals surface area (Å²) in [4.78, 5) is 15.6. The molecule has 0 fully saturated rings. The third-order valence-corrected chi connectivity index (χ3v) is 2.70. The van der Waals surface area contributed by atoms with E-state index in [1.165, 1.54) is 0 Å². The van der Waals surface area contributed by atoms with Crippen LogP contribution in [0.25, 0.3) is 11.4 Å². The number of nitrogens with two attached hydrogens (primary N) is 1. The minimum atomic E-state index is -0.102. The van der Waals surface area contributed by atoms with Gasteiger partial charge in [-0.2, -0.15) is 5.10 Å². The number of aromatic amines is 1. The lowest BCUT2D eigenvalue weighted by atomic mass is 10.2. The number of carbonyl (C=O) groups excluding carboxylic acids is 1. The van der Waals surface area contributed by atoms with Gasteiger partial charge in [-0.25, -0.2) is 4.98 Å². The molecule has 0 radical (unpaired) electrons. The average Bonchev–Trinajstić information content (AvgIpc) is 2.94. The van der Waals surface area contributed by atoms with Crippen LogP contribution in [0.15, 0.2) is 24.3 Å². The molecule has 1 aromatic heterocycles. The van der Waals surface area contributed by atoms with E-state index in [0.717, 1.165) is 11.3 Å². The Balaban J connectivity index is 0.00000220. The minimum absolute atomic E-state index is 0. The van der Waals surface area contributed by atoms with E-state index in [1.807, 2.05) is 24.3 Å². The van der Waals surface area contributed by atoms with Crippen LogP contribution >= 0.6 is 12.4 Å². The number of H-pyrrole nitrogens is 1. The Morgan fingerprint density at radius 3 is 2.71 bits per heavy atom. The van der Waals surface area contributed by atoms with Crippen molar-refractivity contribution >= 4 is 18.3 Å². The van der Waals surface area contributed by atoms with Gasteiger partial charge in [0.1, 0.15) is 11.6 Å². The van der Waals surface area contributed by atoms with Crippen LogP contribution in [0, 0.1) is 0 Å². The van der Waals surface area contributed by atoms with Gasteiger partial charge in [-0.05, 0) is 24.3 Å². The molecule has 2 rings (SSSR count). The van der Waals surface area contributed by atoms with Crippen molar-refractivity contribution in [2.45, 2.75) is 13.0 Å². The van der Waals surface area contributed by atoms with Crippen LogP contribution in [0.1, 0.15) is 12.2 Å². The monoisotopic (exact) mass is 311 g/mol. The smallest absolute Gasteiger partial charge is 0.221 e. The fourth-order valence-electron chi connectivity index (χ4n) is 1.65. The summed E-state index contributed by atoms with van der Waals surface area (Å²) in [6.07, 6.45) is 0.305. The molecule has 2 aromatic rings. The SMILES string of the molecule is COc1ccc(-c2n[nH]c(CNC(=O)CCN)n2)cc1.Cl. The number of hydrogen-bond donors (Lipinski definition) is 3. The highest BCUT2D eigenvalue weighted by Crippen LogP contribution is 2.18. The number of aromatic nitrogens is 3. The normalized spacial score (nSPS) is 9.81. The second kappa shape index (κ2) is 8.23. The summed E-state index contributed by atoms with van der Waals surface area (Å²) >= 11 is 0. The molecule has 0 aliphatic carbocycles. The molecule has 0 saturated heterocycles. The zero-order valence-electron chi connectivity index (χ0n) is 11.6. The molecule has 0 aliphatic heterocycles. The highest BCUT2D eigenvalue weighted by atomic mass is 35.5. The van der Waals surface area contributed by atoms with E-state index in [0.29, 0.717) is 31.2 Å². The Morgan fingerprint density at radius 1 is 1.38 bits per heavy atom. The molecule has 1 aromatic carbocycles. The van der Waals surface area contributed by atoms with Crippen LogP contribution in [-0.4, -0.2) is 34.7 Å². The van der Waals surface area contributed by atoms with Gasteiger partial charge in [0.05, 0.1) is 13.7 Å². The number of nitrogens with one attached hydrogen (secondary N) is 2. The molecule has 1 heterocycles. The highest BCUT2D eigenvalue weighted by Gasteiger charge is 2.07. The van der Waals surface area contributed by atoms with Crippen molar-refractivity contribution in [2.75, 3.05) is 13.7 Å².